The minimum absolute atomic E-state index is 0.0422. The minimum atomic E-state index is -0.430. The zero-order valence-corrected chi connectivity index (χ0v) is 17.7. The molecule has 2 aromatic carbocycles. The SMILES string of the molecule is CCOC(=O)C1CC(=O)N(c2ccccc2N2CCN(C(=O)c3ccccc3)CC2)C1. The fourth-order valence-corrected chi connectivity index (χ4v) is 4.23. The van der Waals surface area contributed by atoms with Crippen LogP contribution in [0.25, 0.3) is 0 Å². The molecule has 2 heterocycles. The smallest absolute Gasteiger partial charge is 0.311 e. The van der Waals surface area contributed by atoms with Gasteiger partial charge in [0.2, 0.25) is 5.91 Å². The van der Waals surface area contributed by atoms with Crippen LogP contribution in [0.2, 0.25) is 0 Å². The van der Waals surface area contributed by atoms with Crippen LogP contribution in [0.4, 0.5) is 11.4 Å². The molecule has 0 aliphatic carbocycles. The first-order valence-corrected chi connectivity index (χ1v) is 10.7. The van der Waals surface area contributed by atoms with E-state index in [1.54, 1.807) is 11.8 Å². The Balaban J connectivity index is 1.46. The topological polar surface area (TPSA) is 70.2 Å². The summed E-state index contributed by atoms with van der Waals surface area (Å²) in [4.78, 5) is 43.3. The summed E-state index contributed by atoms with van der Waals surface area (Å²) < 4.78 is 5.11. The standard InChI is InChI=1S/C24H27N3O4/c1-2-31-24(30)19-16-22(28)27(17-19)21-11-7-6-10-20(21)25-12-14-26(15-13-25)23(29)18-8-4-3-5-9-18/h3-11,19H,2,12-17H2,1H3. The number of benzene rings is 2. The van der Waals surface area contributed by atoms with E-state index in [9.17, 15) is 14.4 Å². The van der Waals surface area contributed by atoms with Crippen molar-refractivity contribution in [2.45, 2.75) is 13.3 Å². The average Bonchev–Trinajstić information content (AvgIpc) is 3.21. The monoisotopic (exact) mass is 421 g/mol. The fraction of sp³-hybridized carbons (Fsp3) is 0.375. The van der Waals surface area contributed by atoms with Crippen molar-refractivity contribution in [1.82, 2.24) is 4.90 Å². The number of amides is 2. The number of esters is 1. The predicted molar refractivity (Wildman–Crippen MR) is 118 cm³/mol. The van der Waals surface area contributed by atoms with Gasteiger partial charge < -0.3 is 19.4 Å². The molecule has 1 atom stereocenters. The molecule has 162 valence electrons. The molecule has 4 rings (SSSR count). The Morgan fingerprint density at radius 2 is 1.58 bits per heavy atom. The number of hydrogen-bond acceptors (Lipinski definition) is 5. The van der Waals surface area contributed by atoms with Gasteiger partial charge in [-0.15, -0.1) is 0 Å². The van der Waals surface area contributed by atoms with Gasteiger partial charge in [-0.3, -0.25) is 14.4 Å². The number of ether oxygens (including phenoxy) is 1. The van der Waals surface area contributed by atoms with Crippen molar-refractivity contribution in [2.24, 2.45) is 5.92 Å². The number of carbonyl (C=O) groups is 3. The molecule has 0 N–H and O–H groups in total. The van der Waals surface area contributed by atoms with Crippen molar-refractivity contribution in [2.75, 3.05) is 49.1 Å². The first-order valence-electron chi connectivity index (χ1n) is 10.7. The number of rotatable bonds is 5. The normalized spacial score (nSPS) is 18.9. The van der Waals surface area contributed by atoms with Gasteiger partial charge in [-0.05, 0) is 31.2 Å². The molecule has 2 aliphatic heterocycles. The van der Waals surface area contributed by atoms with Crippen molar-refractivity contribution < 1.29 is 19.1 Å². The summed E-state index contributed by atoms with van der Waals surface area (Å²) in [6.45, 7) is 5.00. The predicted octanol–water partition coefficient (Wildman–Crippen LogP) is 2.57. The van der Waals surface area contributed by atoms with Crippen molar-refractivity contribution >= 4 is 29.2 Å². The van der Waals surface area contributed by atoms with E-state index in [2.05, 4.69) is 4.90 Å². The zero-order chi connectivity index (χ0) is 21.8. The number of piperazine rings is 1. The second-order valence-electron chi connectivity index (χ2n) is 7.79. The van der Waals surface area contributed by atoms with Gasteiger partial charge in [0.15, 0.2) is 0 Å². The molecule has 2 amide bonds. The Morgan fingerprint density at radius 1 is 0.935 bits per heavy atom. The number of anilines is 2. The van der Waals surface area contributed by atoms with Gasteiger partial charge in [0.25, 0.3) is 5.91 Å². The largest absolute Gasteiger partial charge is 0.466 e. The molecule has 7 heteroatoms. The van der Waals surface area contributed by atoms with Crippen LogP contribution in [0.15, 0.2) is 54.6 Å². The van der Waals surface area contributed by atoms with Gasteiger partial charge in [-0.25, -0.2) is 0 Å². The van der Waals surface area contributed by atoms with Crippen LogP contribution in [0.1, 0.15) is 23.7 Å². The zero-order valence-electron chi connectivity index (χ0n) is 17.7. The molecule has 7 nitrogen and oxygen atoms in total. The lowest BCUT2D eigenvalue weighted by Crippen LogP contribution is -2.49. The molecule has 0 spiro atoms. The molecule has 1 unspecified atom stereocenters. The number of carbonyl (C=O) groups excluding carboxylic acids is 3. The van der Waals surface area contributed by atoms with E-state index < -0.39 is 5.92 Å². The summed E-state index contributed by atoms with van der Waals surface area (Å²) in [5.41, 5.74) is 2.46. The maximum atomic E-state index is 12.7. The van der Waals surface area contributed by atoms with Gasteiger partial charge in [0.1, 0.15) is 0 Å². The number of nitrogens with zero attached hydrogens (tertiary/aromatic N) is 3. The summed E-state index contributed by atoms with van der Waals surface area (Å²) in [5, 5.41) is 0. The molecule has 2 saturated heterocycles. The minimum Gasteiger partial charge on any atom is -0.466 e. The lowest BCUT2D eigenvalue weighted by Gasteiger charge is -2.37. The van der Waals surface area contributed by atoms with Gasteiger partial charge in [0, 0.05) is 44.7 Å². The summed E-state index contributed by atoms with van der Waals surface area (Å²) in [6.07, 6.45) is 0.173. The Morgan fingerprint density at radius 3 is 2.26 bits per heavy atom. The molecule has 2 aromatic rings. The number of hydrogen-bond donors (Lipinski definition) is 0. The van der Waals surface area contributed by atoms with Crippen LogP contribution in [0.5, 0.6) is 0 Å². The molecular weight excluding hydrogens is 394 g/mol. The molecule has 2 fully saturated rings. The highest BCUT2D eigenvalue weighted by Crippen LogP contribution is 2.34. The second-order valence-corrected chi connectivity index (χ2v) is 7.79. The van der Waals surface area contributed by atoms with Gasteiger partial charge in [0.05, 0.1) is 23.9 Å². The van der Waals surface area contributed by atoms with Crippen molar-refractivity contribution in [3.8, 4) is 0 Å². The van der Waals surface area contributed by atoms with Gasteiger partial charge >= 0.3 is 5.97 Å². The lowest BCUT2D eigenvalue weighted by atomic mass is 10.1. The summed E-state index contributed by atoms with van der Waals surface area (Å²) >= 11 is 0. The van der Waals surface area contributed by atoms with Crippen LogP contribution in [-0.4, -0.2) is 62.0 Å². The highest BCUT2D eigenvalue weighted by Gasteiger charge is 2.37. The molecule has 2 aliphatic rings. The highest BCUT2D eigenvalue weighted by atomic mass is 16.5. The molecule has 0 saturated carbocycles. The van der Waals surface area contributed by atoms with Crippen LogP contribution in [0, 0.1) is 5.92 Å². The van der Waals surface area contributed by atoms with E-state index in [0.717, 1.165) is 11.4 Å². The van der Waals surface area contributed by atoms with Gasteiger partial charge in [-0.1, -0.05) is 30.3 Å². The molecule has 0 radical (unpaired) electrons. The van der Waals surface area contributed by atoms with Crippen LogP contribution < -0.4 is 9.80 Å². The molecular formula is C24H27N3O4. The van der Waals surface area contributed by atoms with Crippen molar-refractivity contribution in [3.05, 3.63) is 60.2 Å². The van der Waals surface area contributed by atoms with Crippen molar-refractivity contribution in [3.63, 3.8) is 0 Å². The van der Waals surface area contributed by atoms with E-state index in [-0.39, 0.29) is 24.2 Å². The summed E-state index contributed by atoms with van der Waals surface area (Å²) in [5.74, 6) is -0.770. The van der Waals surface area contributed by atoms with Crippen LogP contribution in [0.3, 0.4) is 0 Å². The number of para-hydroxylation sites is 2. The van der Waals surface area contributed by atoms with Gasteiger partial charge in [-0.2, -0.15) is 0 Å². The van der Waals surface area contributed by atoms with E-state index in [4.69, 9.17) is 4.74 Å². The summed E-state index contributed by atoms with van der Waals surface area (Å²) in [7, 11) is 0. The molecule has 0 aromatic heterocycles. The second kappa shape index (κ2) is 9.20. The quantitative estimate of drug-likeness (QED) is 0.694. The van der Waals surface area contributed by atoms with E-state index in [0.29, 0.717) is 44.9 Å². The fourth-order valence-electron chi connectivity index (χ4n) is 4.23. The summed E-state index contributed by atoms with van der Waals surface area (Å²) in [6, 6.07) is 17.1. The van der Waals surface area contributed by atoms with Crippen molar-refractivity contribution in [1.29, 1.82) is 0 Å². The van der Waals surface area contributed by atoms with E-state index in [1.807, 2.05) is 59.5 Å². The Hall–Kier alpha value is -3.35. The maximum absolute atomic E-state index is 12.7. The Kier molecular flexibility index (Phi) is 6.21. The molecule has 0 bridgehead atoms. The maximum Gasteiger partial charge on any atom is 0.311 e. The van der Waals surface area contributed by atoms with E-state index >= 15 is 0 Å². The lowest BCUT2D eigenvalue weighted by molar-refractivity contribution is -0.147. The third-order valence-corrected chi connectivity index (χ3v) is 5.85. The Labute approximate surface area is 182 Å². The first-order chi connectivity index (χ1) is 15.1. The Bertz CT molecular complexity index is 954. The third-order valence-electron chi connectivity index (χ3n) is 5.85. The van der Waals surface area contributed by atoms with E-state index in [1.165, 1.54) is 0 Å². The third kappa shape index (κ3) is 4.40. The molecule has 31 heavy (non-hydrogen) atoms. The van der Waals surface area contributed by atoms with Crippen LogP contribution in [-0.2, 0) is 14.3 Å². The average molecular weight is 421 g/mol. The van der Waals surface area contributed by atoms with Crippen LogP contribution >= 0.6 is 0 Å². The highest BCUT2D eigenvalue weighted by molar-refractivity contribution is 6.02. The first kappa shape index (κ1) is 20.9.